The zero-order chi connectivity index (χ0) is 12.4. The van der Waals surface area contributed by atoms with Crippen LogP contribution in [-0.2, 0) is 0 Å². The van der Waals surface area contributed by atoms with Crippen molar-refractivity contribution in [3.05, 3.63) is 40.1 Å². The second kappa shape index (κ2) is 4.37. The molecule has 5 nitrogen and oxygen atoms in total. The van der Waals surface area contributed by atoms with Crippen molar-refractivity contribution < 1.29 is 4.74 Å². The van der Waals surface area contributed by atoms with E-state index < -0.39 is 0 Å². The summed E-state index contributed by atoms with van der Waals surface area (Å²) in [6, 6.07) is 3.46. The summed E-state index contributed by atoms with van der Waals surface area (Å²) in [4.78, 5) is 22.9. The highest BCUT2D eigenvalue weighted by Gasteiger charge is 2.08. The van der Waals surface area contributed by atoms with Gasteiger partial charge in [-0.05, 0) is 19.9 Å². The van der Waals surface area contributed by atoms with Gasteiger partial charge < -0.3 is 9.72 Å². The third-order valence-corrected chi connectivity index (χ3v) is 2.56. The molecule has 2 aromatic heterocycles. The molecule has 0 aliphatic heterocycles. The lowest BCUT2D eigenvalue weighted by Gasteiger charge is -2.04. The lowest BCUT2D eigenvalue weighted by atomic mass is 10.2. The quantitative estimate of drug-likeness (QED) is 0.849. The molecule has 0 bridgehead atoms. The van der Waals surface area contributed by atoms with Crippen LogP contribution in [0.1, 0.15) is 11.4 Å². The smallest absolute Gasteiger partial charge is 0.274 e. The second-order valence-corrected chi connectivity index (χ2v) is 3.71. The van der Waals surface area contributed by atoms with Crippen LogP contribution < -0.4 is 10.3 Å². The number of rotatable bonds is 2. The molecule has 0 aromatic carbocycles. The first kappa shape index (κ1) is 11.3. The summed E-state index contributed by atoms with van der Waals surface area (Å²) >= 11 is 0. The molecule has 0 aliphatic rings. The van der Waals surface area contributed by atoms with Gasteiger partial charge >= 0.3 is 0 Å². The second-order valence-electron chi connectivity index (χ2n) is 3.71. The van der Waals surface area contributed by atoms with E-state index >= 15 is 0 Å². The Kier molecular flexibility index (Phi) is 2.91. The third kappa shape index (κ3) is 2.18. The van der Waals surface area contributed by atoms with Crippen molar-refractivity contribution in [2.75, 3.05) is 7.11 Å². The molecule has 5 heteroatoms. The van der Waals surface area contributed by atoms with Crippen molar-refractivity contribution in [2.24, 2.45) is 0 Å². The highest BCUT2D eigenvalue weighted by Crippen LogP contribution is 2.15. The van der Waals surface area contributed by atoms with Crippen LogP contribution in [0.2, 0.25) is 0 Å². The molecule has 88 valence electrons. The van der Waals surface area contributed by atoms with Crippen LogP contribution >= 0.6 is 0 Å². The number of methoxy groups -OCH3 is 1. The Labute approximate surface area is 98.5 Å². The summed E-state index contributed by atoms with van der Waals surface area (Å²) < 4.78 is 4.96. The SMILES string of the molecule is COc1ccc(-c2nc(C)c(C)[nH]c2=O)cn1. The minimum atomic E-state index is -0.208. The number of pyridine rings is 1. The maximum absolute atomic E-state index is 11.8. The molecule has 2 rings (SSSR count). The van der Waals surface area contributed by atoms with E-state index in [1.54, 1.807) is 25.4 Å². The van der Waals surface area contributed by atoms with Crippen LogP contribution in [0.15, 0.2) is 23.1 Å². The Hall–Kier alpha value is -2.17. The van der Waals surface area contributed by atoms with Crippen molar-refractivity contribution in [2.45, 2.75) is 13.8 Å². The fourth-order valence-corrected chi connectivity index (χ4v) is 1.46. The largest absolute Gasteiger partial charge is 0.481 e. The number of aromatic amines is 1. The van der Waals surface area contributed by atoms with Crippen molar-refractivity contribution in [1.82, 2.24) is 15.0 Å². The van der Waals surface area contributed by atoms with Gasteiger partial charge in [0.05, 0.1) is 12.8 Å². The van der Waals surface area contributed by atoms with Crippen molar-refractivity contribution >= 4 is 0 Å². The molecule has 2 heterocycles. The molecule has 0 saturated heterocycles. The lowest BCUT2D eigenvalue weighted by Crippen LogP contribution is -2.14. The van der Waals surface area contributed by atoms with E-state index in [-0.39, 0.29) is 5.56 Å². The Bertz CT molecular complexity index is 588. The van der Waals surface area contributed by atoms with Gasteiger partial charge in [-0.3, -0.25) is 4.79 Å². The van der Waals surface area contributed by atoms with E-state index in [1.807, 2.05) is 13.8 Å². The Balaban J connectivity index is 2.52. The highest BCUT2D eigenvalue weighted by atomic mass is 16.5. The van der Waals surface area contributed by atoms with Crippen molar-refractivity contribution in [3.63, 3.8) is 0 Å². The molecule has 2 aromatic rings. The maximum Gasteiger partial charge on any atom is 0.274 e. The summed E-state index contributed by atoms with van der Waals surface area (Å²) in [5.74, 6) is 0.508. The van der Waals surface area contributed by atoms with Gasteiger partial charge in [-0.25, -0.2) is 9.97 Å². The van der Waals surface area contributed by atoms with Crippen LogP contribution in [0, 0.1) is 13.8 Å². The number of nitrogens with zero attached hydrogens (tertiary/aromatic N) is 2. The van der Waals surface area contributed by atoms with Gasteiger partial charge in [0.25, 0.3) is 5.56 Å². The first-order valence-corrected chi connectivity index (χ1v) is 5.19. The summed E-state index contributed by atoms with van der Waals surface area (Å²) in [6.45, 7) is 3.67. The number of hydrogen-bond acceptors (Lipinski definition) is 4. The number of aryl methyl sites for hydroxylation is 2. The molecule has 0 saturated carbocycles. The molecule has 17 heavy (non-hydrogen) atoms. The average molecular weight is 231 g/mol. The molecule has 1 N–H and O–H groups in total. The molecule has 0 unspecified atom stereocenters. The van der Waals surface area contributed by atoms with Crippen LogP contribution in [0.5, 0.6) is 5.88 Å². The molecule has 0 spiro atoms. The van der Waals surface area contributed by atoms with E-state index in [0.29, 0.717) is 17.1 Å². The van der Waals surface area contributed by atoms with Crippen LogP contribution in [0.3, 0.4) is 0 Å². The Morgan fingerprint density at radius 3 is 2.65 bits per heavy atom. The van der Waals surface area contributed by atoms with Gasteiger partial charge in [-0.2, -0.15) is 0 Å². The van der Waals surface area contributed by atoms with E-state index in [1.165, 1.54) is 0 Å². The molecule has 0 amide bonds. The van der Waals surface area contributed by atoms with Gasteiger partial charge in [0.2, 0.25) is 5.88 Å². The number of aromatic nitrogens is 3. The monoisotopic (exact) mass is 231 g/mol. The summed E-state index contributed by atoms with van der Waals surface area (Å²) in [5.41, 5.74) is 2.43. The number of hydrogen-bond donors (Lipinski definition) is 1. The van der Waals surface area contributed by atoms with Crippen molar-refractivity contribution in [1.29, 1.82) is 0 Å². The predicted octanol–water partition coefficient (Wildman–Crippen LogP) is 1.46. The first-order chi connectivity index (χ1) is 8.11. The van der Waals surface area contributed by atoms with Gasteiger partial charge in [0, 0.05) is 23.5 Å². The van der Waals surface area contributed by atoms with Crippen LogP contribution in [0.25, 0.3) is 11.3 Å². The van der Waals surface area contributed by atoms with E-state index in [0.717, 1.165) is 11.4 Å². The topological polar surface area (TPSA) is 67.9 Å². The van der Waals surface area contributed by atoms with E-state index in [4.69, 9.17) is 4.74 Å². The molecular weight excluding hydrogens is 218 g/mol. The minimum absolute atomic E-state index is 0.208. The Morgan fingerprint density at radius 2 is 2.06 bits per heavy atom. The molecule has 0 radical (unpaired) electrons. The fraction of sp³-hybridized carbons (Fsp3) is 0.250. The third-order valence-electron chi connectivity index (χ3n) is 2.56. The minimum Gasteiger partial charge on any atom is -0.481 e. The molecule has 0 aliphatic carbocycles. The van der Waals surface area contributed by atoms with Crippen LogP contribution in [0.4, 0.5) is 0 Å². The number of nitrogens with one attached hydrogen (secondary N) is 1. The maximum atomic E-state index is 11.8. The van der Waals surface area contributed by atoms with Crippen molar-refractivity contribution in [3.8, 4) is 17.1 Å². The summed E-state index contributed by atoms with van der Waals surface area (Å²) in [7, 11) is 1.54. The average Bonchev–Trinajstić information content (AvgIpc) is 2.34. The highest BCUT2D eigenvalue weighted by molar-refractivity contribution is 5.57. The predicted molar refractivity (Wildman–Crippen MR) is 64.1 cm³/mol. The molecule has 0 atom stereocenters. The number of ether oxygens (including phenoxy) is 1. The zero-order valence-corrected chi connectivity index (χ0v) is 9.94. The number of H-pyrrole nitrogens is 1. The normalized spacial score (nSPS) is 10.3. The van der Waals surface area contributed by atoms with Gasteiger partial charge in [0.1, 0.15) is 5.69 Å². The molecular formula is C12H13N3O2. The lowest BCUT2D eigenvalue weighted by molar-refractivity contribution is 0.398. The fourth-order valence-electron chi connectivity index (χ4n) is 1.46. The summed E-state index contributed by atoms with van der Waals surface area (Å²) in [5, 5.41) is 0. The Morgan fingerprint density at radius 1 is 1.29 bits per heavy atom. The van der Waals surface area contributed by atoms with Gasteiger partial charge in [0.15, 0.2) is 0 Å². The van der Waals surface area contributed by atoms with E-state index in [2.05, 4.69) is 15.0 Å². The standard InChI is InChI=1S/C12H13N3O2/c1-7-8(2)15-12(16)11(14-7)9-4-5-10(17-3)13-6-9/h4-6H,1-3H3,(H,15,16). The molecule has 0 fully saturated rings. The van der Waals surface area contributed by atoms with Crippen LogP contribution in [-0.4, -0.2) is 22.1 Å². The summed E-state index contributed by atoms with van der Waals surface area (Å²) in [6.07, 6.45) is 1.57. The van der Waals surface area contributed by atoms with Gasteiger partial charge in [-0.15, -0.1) is 0 Å². The zero-order valence-electron chi connectivity index (χ0n) is 9.94. The van der Waals surface area contributed by atoms with Gasteiger partial charge in [-0.1, -0.05) is 0 Å². The van der Waals surface area contributed by atoms with E-state index in [9.17, 15) is 4.79 Å². The first-order valence-electron chi connectivity index (χ1n) is 5.19.